The summed E-state index contributed by atoms with van der Waals surface area (Å²) in [5, 5.41) is 0. The molecule has 1 aromatic rings. The number of hydrogen-bond acceptors (Lipinski definition) is 0. The average Bonchev–Trinajstić information content (AvgIpc) is 1.91. The maximum Gasteiger partial charge on any atom is 1.00 e. The van der Waals surface area contributed by atoms with Crippen molar-refractivity contribution in [1.29, 1.82) is 0 Å². The molecule has 1 rings (SSSR count). The van der Waals surface area contributed by atoms with Crippen molar-refractivity contribution in [2.24, 2.45) is 7.05 Å². The molecular weight excluding hydrogens is 93.0 g/mol. The first kappa shape index (κ1) is 7.88. The second-order valence-corrected chi connectivity index (χ2v) is 1.76. The first-order chi connectivity index (χ1) is 3.30. The number of aromatic nitrogens is 1. The molecule has 0 fully saturated rings. The average molecular weight is 103 g/mol. The minimum Gasteiger partial charge on any atom is -1.00 e. The standard InChI is InChI=1S/C6H9N.Li.H/c1-6-4-3-5-7(6)2;;/h3-5H,1-2H3;;/q;+1;-1. The molecule has 40 valence electrons. The Hall–Kier alpha value is -0.123. The molecular formula is C6H10LiN. The van der Waals surface area contributed by atoms with Crippen LogP contribution in [0.3, 0.4) is 0 Å². The Balaban J connectivity index is 0. The third-order valence-electron chi connectivity index (χ3n) is 1.20. The molecule has 0 unspecified atom stereocenters. The van der Waals surface area contributed by atoms with E-state index in [1.165, 1.54) is 5.69 Å². The van der Waals surface area contributed by atoms with Gasteiger partial charge in [0.05, 0.1) is 0 Å². The van der Waals surface area contributed by atoms with E-state index < -0.39 is 0 Å². The molecule has 0 N–H and O–H groups in total. The van der Waals surface area contributed by atoms with Crippen LogP contribution in [0, 0.1) is 6.92 Å². The second kappa shape index (κ2) is 3.01. The molecule has 0 saturated heterocycles. The van der Waals surface area contributed by atoms with Crippen molar-refractivity contribution >= 4 is 0 Å². The quantitative estimate of drug-likeness (QED) is 0.350. The minimum atomic E-state index is 0. The summed E-state index contributed by atoms with van der Waals surface area (Å²) in [6, 6.07) is 4.12. The van der Waals surface area contributed by atoms with Crippen molar-refractivity contribution < 1.29 is 20.3 Å². The summed E-state index contributed by atoms with van der Waals surface area (Å²) >= 11 is 0. The summed E-state index contributed by atoms with van der Waals surface area (Å²) in [6.45, 7) is 2.08. The van der Waals surface area contributed by atoms with Crippen LogP contribution in [0.25, 0.3) is 0 Å². The molecule has 0 spiro atoms. The predicted octanol–water partition coefficient (Wildman–Crippen LogP) is -1.55. The van der Waals surface area contributed by atoms with Crippen molar-refractivity contribution in [2.75, 3.05) is 0 Å². The van der Waals surface area contributed by atoms with Crippen LogP contribution in [0.15, 0.2) is 18.3 Å². The second-order valence-electron chi connectivity index (χ2n) is 1.76. The van der Waals surface area contributed by atoms with E-state index in [1.54, 1.807) is 0 Å². The SMILES string of the molecule is Cc1cccn1C.[H-].[Li+]. The molecule has 1 aromatic heterocycles. The maximum absolute atomic E-state index is 2.08. The molecule has 1 nitrogen and oxygen atoms in total. The van der Waals surface area contributed by atoms with Gasteiger partial charge < -0.3 is 5.99 Å². The van der Waals surface area contributed by atoms with Crippen LogP contribution in [0.4, 0.5) is 0 Å². The normalized spacial score (nSPS) is 8.25. The predicted molar refractivity (Wildman–Crippen MR) is 31.3 cm³/mol. The number of hydrogen-bond donors (Lipinski definition) is 0. The van der Waals surface area contributed by atoms with Gasteiger partial charge in [-0.25, -0.2) is 0 Å². The smallest absolute Gasteiger partial charge is 1.00 e. The topological polar surface area (TPSA) is 4.93 Å². The molecule has 0 radical (unpaired) electrons. The van der Waals surface area contributed by atoms with Gasteiger partial charge in [0.25, 0.3) is 0 Å². The van der Waals surface area contributed by atoms with Crippen LogP contribution in [0.5, 0.6) is 0 Å². The fraction of sp³-hybridized carbons (Fsp3) is 0.333. The van der Waals surface area contributed by atoms with E-state index in [0.29, 0.717) is 0 Å². The first-order valence-corrected chi connectivity index (χ1v) is 2.38. The van der Waals surface area contributed by atoms with Crippen molar-refractivity contribution in [2.45, 2.75) is 6.92 Å². The van der Waals surface area contributed by atoms with E-state index >= 15 is 0 Å². The van der Waals surface area contributed by atoms with Crippen molar-refractivity contribution in [1.82, 2.24) is 4.57 Å². The van der Waals surface area contributed by atoms with E-state index in [4.69, 9.17) is 0 Å². The molecule has 0 atom stereocenters. The third-order valence-corrected chi connectivity index (χ3v) is 1.20. The summed E-state index contributed by atoms with van der Waals surface area (Å²) in [7, 11) is 2.04. The zero-order chi connectivity index (χ0) is 5.28. The summed E-state index contributed by atoms with van der Waals surface area (Å²) in [6.07, 6.45) is 2.04. The van der Waals surface area contributed by atoms with Gasteiger partial charge in [-0.05, 0) is 19.1 Å². The molecule has 2 heteroatoms. The third kappa shape index (κ3) is 1.43. The summed E-state index contributed by atoms with van der Waals surface area (Å²) in [4.78, 5) is 0. The van der Waals surface area contributed by atoms with Crippen LogP contribution >= 0.6 is 0 Å². The van der Waals surface area contributed by atoms with E-state index in [9.17, 15) is 0 Å². The summed E-state index contributed by atoms with van der Waals surface area (Å²) in [5.74, 6) is 0. The molecule has 0 aliphatic rings. The molecule has 0 aromatic carbocycles. The zero-order valence-corrected chi connectivity index (χ0v) is 5.68. The fourth-order valence-electron chi connectivity index (χ4n) is 0.547. The Kier molecular flexibility index (Phi) is 2.97. The molecule has 0 aliphatic heterocycles. The van der Waals surface area contributed by atoms with Gasteiger partial charge in [0.2, 0.25) is 0 Å². The Morgan fingerprint density at radius 3 is 2.38 bits per heavy atom. The Morgan fingerprint density at radius 2 is 2.25 bits per heavy atom. The molecule has 8 heavy (non-hydrogen) atoms. The van der Waals surface area contributed by atoms with Gasteiger partial charge in [0.15, 0.2) is 0 Å². The zero-order valence-electron chi connectivity index (χ0n) is 6.68. The molecule has 0 amide bonds. The van der Waals surface area contributed by atoms with Crippen LogP contribution < -0.4 is 18.9 Å². The van der Waals surface area contributed by atoms with E-state index in [1.807, 2.05) is 19.3 Å². The number of aryl methyl sites for hydroxylation is 2. The maximum atomic E-state index is 2.08. The summed E-state index contributed by atoms with van der Waals surface area (Å²) < 4.78 is 2.08. The monoisotopic (exact) mass is 103 g/mol. The number of nitrogens with zero attached hydrogens (tertiary/aromatic N) is 1. The van der Waals surface area contributed by atoms with Gasteiger partial charge >= 0.3 is 18.9 Å². The van der Waals surface area contributed by atoms with E-state index in [-0.39, 0.29) is 20.3 Å². The summed E-state index contributed by atoms with van der Waals surface area (Å²) in [5.41, 5.74) is 1.31. The molecule has 0 bridgehead atoms. The Morgan fingerprint density at radius 1 is 1.62 bits per heavy atom. The number of rotatable bonds is 0. The molecule has 1 heterocycles. The Labute approximate surface area is 63.4 Å². The van der Waals surface area contributed by atoms with Gasteiger partial charge in [-0.1, -0.05) is 0 Å². The van der Waals surface area contributed by atoms with Crippen LogP contribution in [0.2, 0.25) is 0 Å². The van der Waals surface area contributed by atoms with Crippen molar-refractivity contribution in [3.05, 3.63) is 24.0 Å². The van der Waals surface area contributed by atoms with Gasteiger partial charge in [-0.3, -0.25) is 0 Å². The first-order valence-electron chi connectivity index (χ1n) is 2.38. The van der Waals surface area contributed by atoms with Gasteiger partial charge in [-0.15, -0.1) is 0 Å². The van der Waals surface area contributed by atoms with Crippen LogP contribution in [-0.2, 0) is 7.05 Å². The Bertz CT molecular complexity index is 145. The van der Waals surface area contributed by atoms with Crippen molar-refractivity contribution in [3.63, 3.8) is 0 Å². The fourth-order valence-corrected chi connectivity index (χ4v) is 0.547. The van der Waals surface area contributed by atoms with Crippen LogP contribution in [0.1, 0.15) is 7.12 Å². The molecule has 0 saturated carbocycles. The molecule has 0 aliphatic carbocycles. The largest absolute Gasteiger partial charge is 1.00 e. The van der Waals surface area contributed by atoms with Gasteiger partial charge in [0.1, 0.15) is 0 Å². The van der Waals surface area contributed by atoms with E-state index in [2.05, 4.69) is 17.6 Å². The van der Waals surface area contributed by atoms with Crippen LogP contribution in [-0.4, -0.2) is 4.57 Å². The van der Waals surface area contributed by atoms with Crippen molar-refractivity contribution in [3.8, 4) is 0 Å². The van der Waals surface area contributed by atoms with Gasteiger partial charge in [-0.2, -0.15) is 0 Å². The minimum absolute atomic E-state index is 0. The van der Waals surface area contributed by atoms with E-state index in [0.717, 1.165) is 0 Å². The van der Waals surface area contributed by atoms with Gasteiger partial charge in [0, 0.05) is 18.9 Å².